The van der Waals surface area contributed by atoms with E-state index >= 15 is 0 Å². The highest BCUT2D eigenvalue weighted by atomic mass is 16.2. The largest absolute Gasteiger partial charge is 0.326 e. The van der Waals surface area contributed by atoms with Crippen LogP contribution in [-0.4, -0.2) is 24.4 Å². The molecule has 2 rings (SSSR count). The number of anilines is 2. The Morgan fingerprint density at radius 2 is 1.90 bits per heavy atom. The van der Waals surface area contributed by atoms with Gasteiger partial charge >= 0.3 is 0 Å². The van der Waals surface area contributed by atoms with Crippen LogP contribution in [0.5, 0.6) is 0 Å². The van der Waals surface area contributed by atoms with Crippen LogP contribution in [0.3, 0.4) is 0 Å². The molecular weight excluding hydrogens is 266 g/mol. The first-order valence-electron chi connectivity index (χ1n) is 7.52. The number of hydrogen-bond donors (Lipinski definition) is 3. The van der Waals surface area contributed by atoms with E-state index in [0.29, 0.717) is 11.7 Å². The maximum absolute atomic E-state index is 11.8. The molecule has 0 saturated heterocycles. The van der Waals surface area contributed by atoms with Crippen LogP contribution in [0, 0.1) is 5.92 Å². The van der Waals surface area contributed by atoms with E-state index in [1.165, 1.54) is 0 Å². The Labute approximate surface area is 125 Å². The molecule has 3 N–H and O–H groups in total. The Morgan fingerprint density at radius 3 is 2.52 bits per heavy atom. The van der Waals surface area contributed by atoms with Gasteiger partial charge in [0, 0.05) is 23.3 Å². The lowest BCUT2D eigenvalue weighted by Crippen LogP contribution is -2.33. The third-order valence-corrected chi connectivity index (χ3v) is 3.59. The molecule has 1 saturated carbocycles. The van der Waals surface area contributed by atoms with Crippen LogP contribution in [0.25, 0.3) is 0 Å². The van der Waals surface area contributed by atoms with Crippen LogP contribution in [-0.2, 0) is 9.59 Å². The summed E-state index contributed by atoms with van der Waals surface area (Å²) in [5.74, 6) is 0.154. The van der Waals surface area contributed by atoms with Gasteiger partial charge in [-0.25, -0.2) is 0 Å². The minimum atomic E-state index is -0.0824. The van der Waals surface area contributed by atoms with E-state index in [1.54, 1.807) is 6.07 Å². The standard InChI is InChI=1S/C16H23N3O2/c1-3-11(2)17-10-15(20)18-13-5-4-6-14(9-13)19-16(21)12-7-8-12/h4-6,9,11-12,17H,3,7-8,10H2,1-2H3,(H,18,20)(H,19,21). The number of rotatable bonds is 7. The monoisotopic (exact) mass is 289 g/mol. The second kappa shape index (κ2) is 7.22. The van der Waals surface area contributed by atoms with Crippen molar-refractivity contribution in [2.24, 2.45) is 5.92 Å². The van der Waals surface area contributed by atoms with Crippen LogP contribution in [0.4, 0.5) is 11.4 Å². The number of amides is 2. The SMILES string of the molecule is CCC(C)NCC(=O)Nc1cccc(NC(=O)C2CC2)c1. The normalized spacial score (nSPS) is 15.3. The Kier molecular flexibility index (Phi) is 5.33. The van der Waals surface area contributed by atoms with Crippen molar-refractivity contribution < 1.29 is 9.59 Å². The summed E-state index contributed by atoms with van der Waals surface area (Å²) >= 11 is 0. The van der Waals surface area contributed by atoms with Gasteiger partial charge in [0.15, 0.2) is 0 Å². The Hall–Kier alpha value is -1.88. The quantitative estimate of drug-likeness (QED) is 0.721. The van der Waals surface area contributed by atoms with Crippen molar-refractivity contribution in [1.29, 1.82) is 0 Å². The lowest BCUT2D eigenvalue weighted by atomic mass is 10.2. The van der Waals surface area contributed by atoms with Gasteiger partial charge in [-0.2, -0.15) is 0 Å². The van der Waals surface area contributed by atoms with E-state index in [9.17, 15) is 9.59 Å². The first kappa shape index (κ1) is 15.5. The number of hydrogen-bond acceptors (Lipinski definition) is 3. The summed E-state index contributed by atoms with van der Waals surface area (Å²) in [5.41, 5.74) is 1.42. The zero-order valence-corrected chi connectivity index (χ0v) is 12.6. The topological polar surface area (TPSA) is 70.2 Å². The second-order valence-electron chi connectivity index (χ2n) is 5.58. The summed E-state index contributed by atoms with van der Waals surface area (Å²) in [6.45, 7) is 4.40. The molecule has 0 heterocycles. The van der Waals surface area contributed by atoms with E-state index < -0.39 is 0 Å². The lowest BCUT2D eigenvalue weighted by molar-refractivity contribution is -0.117. The number of carbonyl (C=O) groups is 2. The molecule has 0 aromatic heterocycles. The number of benzene rings is 1. The van der Waals surface area contributed by atoms with Gasteiger partial charge in [0.1, 0.15) is 0 Å². The fourth-order valence-electron chi connectivity index (χ4n) is 1.88. The number of carbonyl (C=O) groups excluding carboxylic acids is 2. The zero-order valence-electron chi connectivity index (χ0n) is 12.6. The van der Waals surface area contributed by atoms with Gasteiger partial charge < -0.3 is 16.0 Å². The first-order valence-corrected chi connectivity index (χ1v) is 7.52. The molecule has 0 bridgehead atoms. The maximum atomic E-state index is 11.8. The predicted octanol–water partition coefficient (Wildman–Crippen LogP) is 2.36. The molecule has 5 nitrogen and oxygen atoms in total. The molecule has 1 atom stereocenters. The molecule has 1 aliphatic rings. The molecule has 0 aliphatic heterocycles. The summed E-state index contributed by atoms with van der Waals surface area (Å²) < 4.78 is 0. The van der Waals surface area contributed by atoms with Gasteiger partial charge in [0.2, 0.25) is 11.8 Å². The van der Waals surface area contributed by atoms with Gasteiger partial charge in [-0.3, -0.25) is 9.59 Å². The van der Waals surface area contributed by atoms with Crippen molar-refractivity contribution in [3.8, 4) is 0 Å². The Bertz CT molecular complexity index is 512. The van der Waals surface area contributed by atoms with E-state index in [2.05, 4.69) is 22.9 Å². The molecular formula is C16H23N3O2. The minimum absolute atomic E-state index is 0.0666. The maximum Gasteiger partial charge on any atom is 0.238 e. The van der Waals surface area contributed by atoms with E-state index in [0.717, 1.165) is 24.9 Å². The van der Waals surface area contributed by atoms with Crippen molar-refractivity contribution in [3.63, 3.8) is 0 Å². The second-order valence-corrected chi connectivity index (χ2v) is 5.58. The minimum Gasteiger partial charge on any atom is -0.326 e. The van der Waals surface area contributed by atoms with Gasteiger partial charge in [-0.05, 0) is 44.4 Å². The highest BCUT2D eigenvalue weighted by molar-refractivity contribution is 5.96. The average molecular weight is 289 g/mol. The molecule has 1 aromatic rings. The van der Waals surface area contributed by atoms with Crippen LogP contribution in [0.1, 0.15) is 33.1 Å². The average Bonchev–Trinajstić information content (AvgIpc) is 3.29. The van der Waals surface area contributed by atoms with Gasteiger partial charge in [0.05, 0.1) is 6.54 Å². The summed E-state index contributed by atoms with van der Waals surface area (Å²) in [4.78, 5) is 23.5. The lowest BCUT2D eigenvalue weighted by Gasteiger charge is -2.12. The molecule has 5 heteroatoms. The number of nitrogens with one attached hydrogen (secondary N) is 3. The fraction of sp³-hybridized carbons (Fsp3) is 0.500. The third-order valence-electron chi connectivity index (χ3n) is 3.59. The fourth-order valence-corrected chi connectivity index (χ4v) is 1.88. The first-order chi connectivity index (χ1) is 10.1. The molecule has 0 spiro atoms. The van der Waals surface area contributed by atoms with Crippen LogP contribution < -0.4 is 16.0 Å². The van der Waals surface area contributed by atoms with Gasteiger partial charge in [-0.15, -0.1) is 0 Å². The van der Waals surface area contributed by atoms with E-state index in [-0.39, 0.29) is 24.3 Å². The van der Waals surface area contributed by atoms with Crippen molar-refractivity contribution in [2.45, 2.75) is 39.2 Å². The summed E-state index contributed by atoms with van der Waals surface area (Å²) in [6, 6.07) is 7.56. The Morgan fingerprint density at radius 1 is 1.24 bits per heavy atom. The summed E-state index contributed by atoms with van der Waals surface area (Å²) in [6.07, 6.45) is 2.93. The molecule has 1 fully saturated rings. The van der Waals surface area contributed by atoms with Crippen molar-refractivity contribution in [3.05, 3.63) is 24.3 Å². The van der Waals surface area contributed by atoms with Crippen LogP contribution in [0.2, 0.25) is 0 Å². The van der Waals surface area contributed by atoms with Crippen molar-refractivity contribution in [1.82, 2.24) is 5.32 Å². The zero-order chi connectivity index (χ0) is 15.2. The molecule has 1 unspecified atom stereocenters. The highest BCUT2D eigenvalue weighted by Crippen LogP contribution is 2.30. The van der Waals surface area contributed by atoms with Gasteiger partial charge in [0.25, 0.3) is 0 Å². The summed E-state index contributed by atoms with van der Waals surface area (Å²) in [5, 5.41) is 8.84. The van der Waals surface area contributed by atoms with Crippen molar-refractivity contribution in [2.75, 3.05) is 17.2 Å². The molecule has 21 heavy (non-hydrogen) atoms. The van der Waals surface area contributed by atoms with Crippen LogP contribution >= 0.6 is 0 Å². The molecule has 2 amide bonds. The molecule has 114 valence electrons. The van der Waals surface area contributed by atoms with E-state index in [1.807, 2.05) is 25.1 Å². The van der Waals surface area contributed by atoms with Crippen molar-refractivity contribution >= 4 is 23.2 Å². The molecule has 0 radical (unpaired) electrons. The predicted molar refractivity (Wildman–Crippen MR) is 84.2 cm³/mol. The Balaban J connectivity index is 1.85. The molecule has 1 aliphatic carbocycles. The summed E-state index contributed by atoms with van der Waals surface area (Å²) in [7, 11) is 0. The third kappa shape index (κ3) is 5.19. The van der Waals surface area contributed by atoms with Gasteiger partial charge in [-0.1, -0.05) is 13.0 Å². The smallest absolute Gasteiger partial charge is 0.238 e. The molecule has 1 aromatic carbocycles. The highest BCUT2D eigenvalue weighted by Gasteiger charge is 2.29. The van der Waals surface area contributed by atoms with E-state index in [4.69, 9.17) is 0 Å². The van der Waals surface area contributed by atoms with Crippen LogP contribution in [0.15, 0.2) is 24.3 Å².